The summed E-state index contributed by atoms with van der Waals surface area (Å²) in [4.78, 5) is 0. The van der Waals surface area contributed by atoms with Crippen molar-refractivity contribution in [3.05, 3.63) is 30.1 Å². The highest BCUT2D eigenvalue weighted by Gasteiger charge is 2.29. The maximum absolute atomic E-state index is 12.9. The van der Waals surface area contributed by atoms with Crippen LogP contribution in [0.5, 0.6) is 0 Å². The molecule has 0 fully saturated rings. The lowest BCUT2D eigenvalue weighted by molar-refractivity contribution is 0.475. The van der Waals surface area contributed by atoms with E-state index >= 15 is 0 Å². The molecule has 0 bridgehead atoms. The number of halogens is 1. The van der Waals surface area contributed by atoms with E-state index in [2.05, 4.69) is 19.3 Å². The molecular formula is C13H23FN5PS. The van der Waals surface area contributed by atoms with Crippen molar-refractivity contribution in [2.75, 3.05) is 47.6 Å². The van der Waals surface area contributed by atoms with Crippen LogP contribution in [0.25, 0.3) is 0 Å². The lowest BCUT2D eigenvalue weighted by Crippen LogP contribution is -2.31. The van der Waals surface area contributed by atoms with Crippen molar-refractivity contribution in [1.29, 1.82) is 0 Å². The van der Waals surface area contributed by atoms with Crippen LogP contribution in [-0.4, -0.2) is 61.4 Å². The Morgan fingerprint density at radius 3 is 1.81 bits per heavy atom. The first-order valence-corrected chi connectivity index (χ1v) is 8.43. The van der Waals surface area contributed by atoms with Gasteiger partial charge in [0, 0.05) is 5.69 Å². The highest BCUT2D eigenvalue weighted by Crippen LogP contribution is 2.54. The van der Waals surface area contributed by atoms with Crippen LogP contribution >= 0.6 is 19.7 Å². The number of hydrogen-bond donors (Lipinski definition) is 1. The summed E-state index contributed by atoms with van der Waals surface area (Å²) in [5, 5.41) is 3.42. The van der Waals surface area contributed by atoms with Gasteiger partial charge >= 0.3 is 0 Å². The molecule has 0 atom stereocenters. The molecule has 0 radical (unpaired) electrons. The van der Waals surface area contributed by atoms with Crippen molar-refractivity contribution >= 4 is 30.5 Å². The Bertz CT molecular complexity index is 513. The van der Waals surface area contributed by atoms with E-state index < -0.39 is 7.51 Å². The smallest absolute Gasteiger partial charge is 0.199 e. The Labute approximate surface area is 131 Å². The maximum Gasteiger partial charge on any atom is 0.199 e. The minimum Gasteiger partial charge on any atom is -0.331 e. The second-order valence-electron chi connectivity index (χ2n) is 5.12. The SMILES string of the molecule is CN(C)P(=NC(=S)Nc1ccc(F)cc1)(N(C)C)N(C)C. The third-order valence-corrected chi connectivity index (χ3v) is 6.95. The van der Waals surface area contributed by atoms with E-state index in [4.69, 9.17) is 17.0 Å². The third-order valence-electron chi connectivity index (χ3n) is 2.93. The lowest BCUT2D eigenvalue weighted by atomic mass is 10.3. The molecule has 118 valence electrons. The lowest BCUT2D eigenvalue weighted by Gasteiger charge is -2.40. The van der Waals surface area contributed by atoms with E-state index in [-0.39, 0.29) is 5.82 Å². The summed E-state index contributed by atoms with van der Waals surface area (Å²) in [6, 6.07) is 6.05. The van der Waals surface area contributed by atoms with E-state index in [1.165, 1.54) is 12.1 Å². The highest BCUT2D eigenvalue weighted by atomic mass is 32.1. The molecule has 1 N–H and O–H groups in total. The summed E-state index contributed by atoms with van der Waals surface area (Å²) < 4.78 is 23.9. The fourth-order valence-corrected chi connectivity index (χ4v) is 5.57. The van der Waals surface area contributed by atoms with Crippen molar-refractivity contribution < 1.29 is 4.39 Å². The average Bonchev–Trinajstić information content (AvgIpc) is 2.37. The van der Waals surface area contributed by atoms with Crippen molar-refractivity contribution in [3.63, 3.8) is 0 Å². The van der Waals surface area contributed by atoms with E-state index in [9.17, 15) is 4.39 Å². The number of nitrogens with one attached hydrogen (secondary N) is 1. The highest BCUT2D eigenvalue weighted by molar-refractivity contribution is 7.81. The second kappa shape index (κ2) is 7.42. The van der Waals surface area contributed by atoms with Crippen LogP contribution in [0.15, 0.2) is 29.0 Å². The van der Waals surface area contributed by atoms with E-state index in [0.717, 1.165) is 5.69 Å². The summed E-state index contributed by atoms with van der Waals surface area (Å²) in [6.45, 7) is 0. The molecule has 0 saturated carbocycles. The molecule has 21 heavy (non-hydrogen) atoms. The number of anilines is 1. The quantitative estimate of drug-likeness (QED) is 0.677. The Morgan fingerprint density at radius 1 is 1.00 bits per heavy atom. The van der Waals surface area contributed by atoms with Gasteiger partial charge in [0.15, 0.2) is 12.6 Å². The van der Waals surface area contributed by atoms with Crippen LogP contribution in [0.1, 0.15) is 0 Å². The molecular weight excluding hydrogens is 308 g/mol. The predicted molar refractivity (Wildman–Crippen MR) is 93.0 cm³/mol. The summed E-state index contributed by atoms with van der Waals surface area (Å²) in [5.41, 5.74) is 0.722. The third kappa shape index (κ3) is 4.31. The Balaban J connectivity index is 3.10. The molecule has 0 aromatic heterocycles. The minimum absolute atomic E-state index is 0.278. The first-order valence-electron chi connectivity index (χ1n) is 6.42. The van der Waals surface area contributed by atoms with Crippen LogP contribution in [0.2, 0.25) is 0 Å². The predicted octanol–water partition coefficient (Wildman–Crippen LogP) is 3.15. The van der Waals surface area contributed by atoms with Crippen LogP contribution in [0, 0.1) is 5.82 Å². The number of hydrogen-bond acceptors (Lipinski definition) is 1. The van der Waals surface area contributed by atoms with Crippen LogP contribution in [-0.2, 0) is 0 Å². The molecule has 0 unspecified atom stereocenters. The molecule has 1 aromatic rings. The van der Waals surface area contributed by atoms with E-state index in [0.29, 0.717) is 5.11 Å². The van der Waals surface area contributed by atoms with Crippen molar-refractivity contribution in [1.82, 2.24) is 14.0 Å². The largest absolute Gasteiger partial charge is 0.331 e. The topological polar surface area (TPSA) is 34.1 Å². The normalized spacial score (nSPS) is 12.1. The number of nitrogens with zero attached hydrogens (tertiary/aromatic N) is 4. The summed E-state index contributed by atoms with van der Waals surface area (Å²) >= 11 is 5.35. The van der Waals surface area contributed by atoms with Gasteiger partial charge in [0.2, 0.25) is 0 Å². The van der Waals surface area contributed by atoms with Crippen LogP contribution < -0.4 is 5.32 Å². The van der Waals surface area contributed by atoms with Gasteiger partial charge in [-0.15, -0.1) is 0 Å². The van der Waals surface area contributed by atoms with Gasteiger partial charge in [0.25, 0.3) is 0 Å². The summed E-state index contributed by atoms with van der Waals surface area (Å²) in [6.07, 6.45) is 0. The van der Waals surface area contributed by atoms with Crippen molar-refractivity contribution in [3.8, 4) is 0 Å². The zero-order valence-corrected chi connectivity index (χ0v) is 15.0. The van der Waals surface area contributed by atoms with Crippen molar-refractivity contribution in [2.24, 2.45) is 4.74 Å². The van der Waals surface area contributed by atoms with Gasteiger partial charge in [0.1, 0.15) is 5.82 Å². The molecule has 0 aliphatic rings. The molecule has 0 amide bonds. The number of benzene rings is 1. The molecule has 1 aromatic carbocycles. The maximum atomic E-state index is 12.9. The standard InChI is InChI=1S/C13H23FN5PS/c1-17(2)20(18(3)4,19(5)6)16-13(21)15-12-9-7-11(14)8-10-12/h7-10H,1-6H3,(H,15,21). The molecule has 0 heterocycles. The van der Waals surface area contributed by atoms with Gasteiger partial charge in [-0.3, -0.25) is 14.0 Å². The van der Waals surface area contributed by atoms with E-state index in [1.807, 2.05) is 42.3 Å². The second-order valence-corrected chi connectivity index (χ2v) is 9.18. The summed E-state index contributed by atoms with van der Waals surface area (Å²) in [5.74, 6) is -0.278. The molecule has 0 aliphatic carbocycles. The van der Waals surface area contributed by atoms with Gasteiger partial charge in [-0.05, 0) is 78.8 Å². The van der Waals surface area contributed by atoms with Gasteiger partial charge < -0.3 is 5.32 Å². The fourth-order valence-electron chi connectivity index (χ4n) is 2.15. The molecule has 8 heteroatoms. The van der Waals surface area contributed by atoms with Gasteiger partial charge in [-0.2, -0.15) is 4.74 Å². The van der Waals surface area contributed by atoms with Gasteiger partial charge in [-0.1, -0.05) is 0 Å². The molecule has 1 rings (SSSR count). The summed E-state index contributed by atoms with van der Waals surface area (Å²) in [7, 11) is 9.84. The Kier molecular flexibility index (Phi) is 6.43. The molecule has 0 saturated heterocycles. The van der Waals surface area contributed by atoms with Crippen molar-refractivity contribution in [2.45, 2.75) is 0 Å². The first-order chi connectivity index (χ1) is 9.70. The van der Waals surface area contributed by atoms with Crippen LogP contribution in [0.4, 0.5) is 10.1 Å². The average molecular weight is 331 g/mol. The van der Waals surface area contributed by atoms with E-state index in [1.54, 1.807) is 12.1 Å². The Morgan fingerprint density at radius 2 is 1.43 bits per heavy atom. The first kappa shape index (κ1) is 18.2. The van der Waals surface area contributed by atoms with Gasteiger partial charge in [-0.25, -0.2) is 4.39 Å². The molecule has 0 aliphatic heterocycles. The van der Waals surface area contributed by atoms with Crippen LogP contribution in [0.3, 0.4) is 0 Å². The van der Waals surface area contributed by atoms with Gasteiger partial charge in [0.05, 0.1) is 0 Å². The number of rotatable bonds is 4. The molecule has 5 nitrogen and oxygen atoms in total. The minimum atomic E-state index is -2.07. The zero-order valence-electron chi connectivity index (χ0n) is 13.3. The fraction of sp³-hybridized carbons (Fsp3) is 0.462. The monoisotopic (exact) mass is 331 g/mol. The Hall–Kier alpha value is -0.850. The zero-order chi connectivity index (χ0) is 16.2. The number of thiocarbonyl (C=S) groups is 1. The molecule has 0 spiro atoms.